The minimum absolute atomic E-state index is 0.000665. The average Bonchev–Trinajstić information content (AvgIpc) is 2.66. The lowest BCUT2D eigenvalue weighted by Crippen LogP contribution is -2.39. The highest BCUT2D eigenvalue weighted by molar-refractivity contribution is 7.89. The Morgan fingerprint density at radius 2 is 2.00 bits per heavy atom. The molecule has 1 atom stereocenters. The largest absolute Gasteiger partial charge is 0.329 e. The number of nitrogens with one attached hydrogen (secondary N) is 1. The molecule has 4 rings (SSSR count). The van der Waals surface area contributed by atoms with Crippen LogP contribution in [0.2, 0.25) is 0 Å². The van der Waals surface area contributed by atoms with Crippen molar-refractivity contribution in [1.29, 1.82) is 0 Å². The van der Waals surface area contributed by atoms with Crippen molar-refractivity contribution >= 4 is 21.1 Å². The first-order chi connectivity index (χ1) is 13.2. The third-order valence-electron chi connectivity index (χ3n) is 5.13. The van der Waals surface area contributed by atoms with E-state index in [1.54, 1.807) is 13.0 Å². The Morgan fingerprint density at radius 1 is 1.25 bits per heavy atom. The summed E-state index contributed by atoms with van der Waals surface area (Å²) in [6, 6.07) is 5.02. The molecular formula is C18H17FN4O4S. The maximum atomic E-state index is 13.7. The lowest BCUT2D eigenvalue weighted by Gasteiger charge is -2.34. The molecule has 3 heterocycles. The van der Waals surface area contributed by atoms with Crippen LogP contribution in [0.5, 0.6) is 0 Å². The zero-order valence-electron chi connectivity index (χ0n) is 15.1. The lowest BCUT2D eigenvalue weighted by atomic mass is 9.95. The SMILES string of the molecule is CC1c2cc(F)ccc2CCN1S(=O)(=O)c1cnc2c(c1)c(=O)[nH]c(=O)n2C. The van der Waals surface area contributed by atoms with E-state index < -0.39 is 33.1 Å². The maximum Gasteiger partial charge on any atom is 0.329 e. The first-order valence-electron chi connectivity index (χ1n) is 8.59. The molecule has 0 amide bonds. The third-order valence-corrected chi connectivity index (χ3v) is 7.06. The molecule has 8 nitrogen and oxygen atoms in total. The third kappa shape index (κ3) is 2.76. The minimum atomic E-state index is -3.99. The van der Waals surface area contributed by atoms with E-state index >= 15 is 0 Å². The molecule has 0 aliphatic carbocycles. The van der Waals surface area contributed by atoms with Crippen LogP contribution in [0.1, 0.15) is 24.1 Å². The number of H-pyrrole nitrogens is 1. The quantitative estimate of drug-likeness (QED) is 0.688. The highest BCUT2D eigenvalue weighted by Gasteiger charge is 2.34. The van der Waals surface area contributed by atoms with Gasteiger partial charge in [0.05, 0.1) is 5.39 Å². The predicted octanol–water partition coefficient (Wildman–Crippen LogP) is 1.07. The predicted molar refractivity (Wildman–Crippen MR) is 100 cm³/mol. The zero-order chi connectivity index (χ0) is 20.2. The summed E-state index contributed by atoms with van der Waals surface area (Å²) < 4.78 is 42.5. The second-order valence-corrected chi connectivity index (χ2v) is 8.64. The van der Waals surface area contributed by atoms with E-state index in [1.807, 2.05) is 0 Å². The molecule has 0 spiro atoms. The van der Waals surface area contributed by atoms with Crippen molar-refractivity contribution < 1.29 is 12.8 Å². The molecule has 146 valence electrons. The summed E-state index contributed by atoms with van der Waals surface area (Å²) in [7, 11) is -2.56. The van der Waals surface area contributed by atoms with Crippen molar-refractivity contribution in [2.24, 2.45) is 7.05 Å². The average molecular weight is 404 g/mol. The van der Waals surface area contributed by atoms with Gasteiger partial charge in [0.1, 0.15) is 16.4 Å². The molecule has 0 bridgehead atoms. The monoisotopic (exact) mass is 404 g/mol. The van der Waals surface area contributed by atoms with Crippen molar-refractivity contribution in [3.8, 4) is 0 Å². The molecule has 0 fully saturated rings. The van der Waals surface area contributed by atoms with Crippen molar-refractivity contribution in [3.63, 3.8) is 0 Å². The molecule has 1 aromatic carbocycles. The van der Waals surface area contributed by atoms with Gasteiger partial charge in [-0.15, -0.1) is 0 Å². The number of aromatic nitrogens is 3. The van der Waals surface area contributed by atoms with E-state index in [2.05, 4.69) is 9.97 Å². The fraction of sp³-hybridized carbons (Fsp3) is 0.278. The summed E-state index contributed by atoms with van der Waals surface area (Å²) in [6.07, 6.45) is 1.58. The maximum absolute atomic E-state index is 13.7. The van der Waals surface area contributed by atoms with Gasteiger partial charge in [0.25, 0.3) is 5.56 Å². The van der Waals surface area contributed by atoms with E-state index in [0.717, 1.165) is 16.3 Å². The zero-order valence-corrected chi connectivity index (χ0v) is 16.0. The smallest absolute Gasteiger partial charge is 0.281 e. The van der Waals surface area contributed by atoms with Crippen LogP contribution in [-0.4, -0.2) is 33.8 Å². The van der Waals surface area contributed by atoms with Crippen molar-refractivity contribution in [3.05, 3.63) is 68.2 Å². The minimum Gasteiger partial charge on any atom is -0.281 e. The summed E-state index contributed by atoms with van der Waals surface area (Å²) in [4.78, 5) is 29.8. The second-order valence-electron chi connectivity index (χ2n) is 6.75. The number of pyridine rings is 1. The Bertz CT molecular complexity index is 1330. The summed E-state index contributed by atoms with van der Waals surface area (Å²) >= 11 is 0. The molecule has 2 aromatic heterocycles. The van der Waals surface area contributed by atoms with Gasteiger partial charge in [-0.25, -0.2) is 22.6 Å². The summed E-state index contributed by atoms with van der Waals surface area (Å²) in [5, 5.41) is -0.000665. The number of sulfonamides is 1. The van der Waals surface area contributed by atoms with Gasteiger partial charge in [0.15, 0.2) is 0 Å². The Hall–Kier alpha value is -2.85. The normalized spacial score (nSPS) is 17.6. The standard InChI is InChI=1S/C18H17FN4O4S/c1-10-14-7-12(19)4-3-11(14)5-6-23(10)28(26,27)13-8-15-16(20-9-13)22(2)18(25)21-17(15)24/h3-4,7-10H,5-6H2,1-2H3,(H,21,24,25). The van der Waals surface area contributed by atoms with Crippen molar-refractivity contribution in [1.82, 2.24) is 18.8 Å². The number of rotatable bonds is 2. The van der Waals surface area contributed by atoms with Crippen LogP contribution in [0.15, 0.2) is 44.9 Å². The summed E-state index contributed by atoms with van der Waals surface area (Å²) in [6.45, 7) is 1.92. The molecule has 28 heavy (non-hydrogen) atoms. The molecule has 3 aromatic rings. The Morgan fingerprint density at radius 3 is 2.75 bits per heavy atom. The van der Waals surface area contributed by atoms with Crippen LogP contribution in [0, 0.1) is 5.82 Å². The molecular weight excluding hydrogens is 387 g/mol. The Balaban J connectivity index is 1.83. The van der Waals surface area contributed by atoms with Gasteiger partial charge in [-0.3, -0.25) is 14.3 Å². The first-order valence-corrected chi connectivity index (χ1v) is 10.0. The van der Waals surface area contributed by atoms with E-state index in [0.29, 0.717) is 12.0 Å². The number of aryl methyl sites for hydroxylation is 1. The number of nitrogens with zero attached hydrogens (tertiary/aromatic N) is 3. The van der Waals surface area contributed by atoms with Gasteiger partial charge in [-0.2, -0.15) is 4.31 Å². The Labute approximate surface area is 159 Å². The van der Waals surface area contributed by atoms with Gasteiger partial charge in [0.2, 0.25) is 10.0 Å². The summed E-state index contributed by atoms with van der Waals surface area (Å²) in [5.74, 6) is -0.426. The van der Waals surface area contributed by atoms with Gasteiger partial charge in [-0.05, 0) is 42.7 Å². The second kappa shape index (κ2) is 6.35. The molecule has 1 aliphatic rings. The molecule has 10 heteroatoms. The number of fused-ring (bicyclic) bond motifs is 2. The van der Waals surface area contributed by atoms with Crippen molar-refractivity contribution in [2.45, 2.75) is 24.3 Å². The molecule has 0 saturated carbocycles. The van der Waals surface area contributed by atoms with Crippen LogP contribution < -0.4 is 11.2 Å². The number of aromatic amines is 1. The van der Waals surface area contributed by atoms with E-state index in [4.69, 9.17) is 0 Å². The van der Waals surface area contributed by atoms with E-state index in [9.17, 15) is 22.4 Å². The van der Waals surface area contributed by atoms with Crippen molar-refractivity contribution in [2.75, 3.05) is 6.54 Å². The Kier molecular flexibility index (Phi) is 4.20. The number of halogens is 1. The van der Waals surface area contributed by atoms with Gasteiger partial charge in [-0.1, -0.05) is 6.07 Å². The first kappa shape index (κ1) is 18.5. The summed E-state index contributed by atoms with van der Waals surface area (Å²) in [5.41, 5.74) is 0.268. The number of hydrogen-bond donors (Lipinski definition) is 1. The van der Waals surface area contributed by atoms with E-state index in [1.165, 1.54) is 29.6 Å². The topological polar surface area (TPSA) is 105 Å². The van der Waals surface area contributed by atoms with Gasteiger partial charge < -0.3 is 0 Å². The van der Waals surface area contributed by atoms with Crippen LogP contribution >= 0.6 is 0 Å². The van der Waals surface area contributed by atoms with Crippen LogP contribution in [-0.2, 0) is 23.5 Å². The van der Waals surface area contributed by atoms with E-state index in [-0.39, 0.29) is 22.5 Å². The highest BCUT2D eigenvalue weighted by Crippen LogP contribution is 2.34. The molecule has 1 N–H and O–H groups in total. The van der Waals surface area contributed by atoms with Crippen LogP contribution in [0.3, 0.4) is 0 Å². The van der Waals surface area contributed by atoms with Crippen LogP contribution in [0.25, 0.3) is 11.0 Å². The molecule has 0 saturated heterocycles. The lowest BCUT2D eigenvalue weighted by molar-refractivity contribution is 0.325. The molecule has 1 unspecified atom stereocenters. The fourth-order valence-electron chi connectivity index (χ4n) is 3.58. The fourth-order valence-corrected chi connectivity index (χ4v) is 5.17. The van der Waals surface area contributed by atoms with Crippen LogP contribution in [0.4, 0.5) is 4.39 Å². The number of hydrogen-bond acceptors (Lipinski definition) is 5. The number of benzene rings is 1. The molecule has 1 aliphatic heterocycles. The van der Waals surface area contributed by atoms with Gasteiger partial charge in [0, 0.05) is 25.8 Å². The highest BCUT2D eigenvalue weighted by atomic mass is 32.2. The molecule has 0 radical (unpaired) electrons. The van der Waals surface area contributed by atoms with Gasteiger partial charge >= 0.3 is 5.69 Å².